The van der Waals surface area contributed by atoms with Gasteiger partial charge in [0.15, 0.2) is 0 Å². The highest BCUT2D eigenvalue weighted by Crippen LogP contribution is 2.27. The number of benzene rings is 1. The van der Waals surface area contributed by atoms with Crippen molar-refractivity contribution in [1.29, 1.82) is 0 Å². The molecule has 1 aromatic carbocycles. The van der Waals surface area contributed by atoms with Crippen LogP contribution in [0, 0.1) is 0 Å². The average molecular weight is 328 g/mol. The zero-order valence-corrected chi connectivity index (χ0v) is 12.8. The summed E-state index contributed by atoms with van der Waals surface area (Å²) in [6.45, 7) is 6.47. The van der Waals surface area contributed by atoms with E-state index in [2.05, 4.69) is 15.9 Å². The minimum absolute atomic E-state index is 0.0418. The van der Waals surface area contributed by atoms with Gasteiger partial charge in [-0.05, 0) is 48.0 Å². The summed E-state index contributed by atoms with van der Waals surface area (Å²) in [6, 6.07) is 5.45. The molecular weight excluding hydrogens is 310 g/mol. The molecule has 0 saturated carbocycles. The molecule has 1 saturated heterocycles. The van der Waals surface area contributed by atoms with Gasteiger partial charge in [-0.15, -0.1) is 0 Å². The summed E-state index contributed by atoms with van der Waals surface area (Å²) < 4.78 is 11.7. The number of carbonyl (C=O) groups excluding carboxylic acids is 1. The van der Waals surface area contributed by atoms with E-state index in [1.165, 1.54) is 0 Å². The van der Waals surface area contributed by atoms with Crippen LogP contribution in [0.5, 0.6) is 5.75 Å². The van der Waals surface area contributed by atoms with E-state index in [0.29, 0.717) is 31.9 Å². The fourth-order valence-corrected chi connectivity index (χ4v) is 2.40. The van der Waals surface area contributed by atoms with Crippen LogP contribution in [0.2, 0.25) is 0 Å². The first-order valence-electron chi connectivity index (χ1n) is 6.41. The van der Waals surface area contributed by atoms with Crippen molar-refractivity contribution >= 4 is 21.8 Å². The molecule has 0 atom stereocenters. The number of amides is 1. The van der Waals surface area contributed by atoms with Gasteiger partial charge in [-0.2, -0.15) is 0 Å². The molecular formula is C14H18BrNO3. The van der Waals surface area contributed by atoms with Crippen molar-refractivity contribution in [2.75, 3.05) is 26.3 Å². The lowest BCUT2D eigenvalue weighted by Gasteiger charge is -2.27. The number of hydrogen-bond donors (Lipinski definition) is 0. The summed E-state index contributed by atoms with van der Waals surface area (Å²) in [6.07, 6.45) is 0.108. The number of halogens is 1. The van der Waals surface area contributed by atoms with E-state index in [1.807, 2.05) is 30.9 Å². The van der Waals surface area contributed by atoms with E-state index in [-0.39, 0.29) is 12.0 Å². The highest BCUT2D eigenvalue weighted by Gasteiger charge is 2.19. The first-order chi connectivity index (χ1) is 9.08. The summed E-state index contributed by atoms with van der Waals surface area (Å²) in [4.78, 5) is 14.1. The molecule has 1 aliphatic rings. The maximum absolute atomic E-state index is 12.3. The summed E-state index contributed by atoms with van der Waals surface area (Å²) in [7, 11) is 0. The quantitative estimate of drug-likeness (QED) is 0.856. The van der Waals surface area contributed by atoms with Crippen molar-refractivity contribution in [2.45, 2.75) is 20.0 Å². The third-order valence-electron chi connectivity index (χ3n) is 2.84. The molecule has 4 nitrogen and oxygen atoms in total. The van der Waals surface area contributed by atoms with Crippen LogP contribution in [0.3, 0.4) is 0 Å². The molecule has 0 radical (unpaired) electrons. The normalized spacial score (nSPS) is 15.7. The SMILES string of the molecule is CC(C)Oc1ccc(C(=O)N2CCOCC2)cc1Br. The molecule has 0 N–H and O–H groups in total. The molecule has 0 bridgehead atoms. The molecule has 0 unspecified atom stereocenters. The van der Waals surface area contributed by atoms with Gasteiger partial charge in [-0.25, -0.2) is 0 Å². The van der Waals surface area contributed by atoms with Gasteiger partial charge >= 0.3 is 0 Å². The largest absolute Gasteiger partial charge is 0.490 e. The van der Waals surface area contributed by atoms with Gasteiger partial charge in [0.05, 0.1) is 23.8 Å². The highest BCUT2D eigenvalue weighted by molar-refractivity contribution is 9.10. The number of nitrogens with zero attached hydrogens (tertiary/aromatic N) is 1. The Morgan fingerprint density at radius 2 is 2.05 bits per heavy atom. The summed E-state index contributed by atoms with van der Waals surface area (Å²) in [5.74, 6) is 0.800. The molecule has 1 aliphatic heterocycles. The standard InChI is InChI=1S/C14H18BrNO3/c1-10(2)19-13-4-3-11(9-12(13)15)14(17)16-5-7-18-8-6-16/h3-4,9-10H,5-8H2,1-2H3. The smallest absolute Gasteiger partial charge is 0.254 e. The molecule has 0 spiro atoms. The highest BCUT2D eigenvalue weighted by atomic mass is 79.9. The third-order valence-corrected chi connectivity index (χ3v) is 3.46. The molecule has 5 heteroatoms. The van der Waals surface area contributed by atoms with Crippen molar-refractivity contribution in [1.82, 2.24) is 4.90 Å². The Morgan fingerprint density at radius 1 is 1.37 bits per heavy atom. The Balaban J connectivity index is 2.12. The Hall–Kier alpha value is -1.07. The van der Waals surface area contributed by atoms with Crippen molar-refractivity contribution < 1.29 is 14.3 Å². The molecule has 1 amide bonds. The van der Waals surface area contributed by atoms with Gasteiger partial charge in [-0.3, -0.25) is 4.79 Å². The first kappa shape index (κ1) is 14.3. The summed E-state index contributed by atoms with van der Waals surface area (Å²) >= 11 is 3.45. The molecule has 1 heterocycles. The zero-order valence-electron chi connectivity index (χ0n) is 11.2. The minimum atomic E-state index is 0.0418. The number of carbonyl (C=O) groups is 1. The fraction of sp³-hybridized carbons (Fsp3) is 0.500. The van der Waals surface area contributed by atoms with Crippen molar-refractivity contribution in [3.05, 3.63) is 28.2 Å². The predicted octanol–water partition coefficient (Wildman–Crippen LogP) is 2.71. The van der Waals surface area contributed by atoms with Gasteiger partial charge in [-0.1, -0.05) is 0 Å². The maximum Gasteiger partial charge on any atom is 0.254 e. The second kappa shape index (κ2) is 6.39. The van der Waals surface area contributed by atoms with Crippen LogP contribution in [0.15, 0.2) is 22.7 Å². The summed E-state index contributed by atoms with van der Waals surface area (Å²) in [5, 5.41) is 0. The number of morpholine rings is 1. The molecule has 19 heavy (non-hydrogen) atoms. The topological polar surface area (TPSA) is 38.8 Å². The van der Waals surface area contributed by atoms with E-state index < -0.39 is 0 Å². The van der Waals surface area contributed by atoms with E-state index >= 15 is 0 Å². The lowest BCUT2D eigenvalue weighted by atomic mass is 10.2. The van der Waals surface area contributed by atoms with Gasteiger partial charge in [0.2, 0.25) is 0 Å². The van der Waals surface area contributed by atoms with Crippen LogP contribution in [-0.2, 0) is 4.74 Å². The Labute approximate surface area is 121 Å². The molecule has 1 aromatic rings. The first-order valence-corrected chi connectivity index (χ1v) is 7.20. The van der Waals surface area contributed by atoms with Gasteiger partial charge < -0.3 is 14.4 Å². The second-order valence-electron chi connectivity index (χ2n) is 4.72. The van der Waals surface area contributed by atoms with Crippen LogP contribution < -0.4 is 4.74 Å². The fourth-order valence-electron chi connectivity index (χ4n) is 1.93. The van der Waals surface area contributed by atoms with Crippen molar-refractivity contribution in [2.24, 2.45) is 0 Å². The predicted molar refractivity (Wildman–Crippen MR) is 76.6 cm³/mol. The lowest BCUT2D eigenvalue weighted by Crippen LogP contribution is -2.40. The van der Waals surface area contributed by atoms with Crippen LogP contribution >= 0.6 is 15.9 Å². The van der Waals surface area contributed by atoms with Gasteiger partial charge in [0.25, 0.3) is 5.91 Å². The second-order valence-corrected chi connectivity index (χ2v) is 5.57. The molecule has 2 rings (SSSR count). The van der Waals surface area contributed by atoms with Crippen LogP contribution in [-0.4, -0.2) is 43.2 Å². The molecule has 0 aliphatic carbocycles. The van der Waals surface area contributed by atoms with E-state index in [9.17, 15) is 4.79 Å². The number of rotatable bonds is 3. The van der Waals surface area contributed by atoms with Crippen LogP contribution in [0.4, 0.5) is 0 Å². The van der Waals surface area contributed by atoms with Crippen molar-refractivity contribution in [3.8, 4) is 5.75 Å². The Kier molecular flexibility index (Phi) is 4.82. The molecule has 0 aromatic heterocycles. The number of ether oxygens (including phenoxy) is 2. The molecule has 104 valence electrons. The molecule has 1 fully saturated rings. The number of hydrogen-bond acceptors (Lipinski definition) is 3. The van der Waals surface area contributed by atoms with Gasteiger partial charge in [0.1, 0.15) is 5.75 Å². The Bertz CT molecular complexity index is 456. The third kappa shape index (κ3) is 3.70. The van der Waals surface area contributed by atoms with E-state index in [0.717, 1.165) is 10.2 Å². The van der Waals surface area contributed by atoms with Gasteiger partial charge in [0, 0.05) is 18.7 Å². The minimum Gasteiger partial charge on any atom is -0.490 e. The van der Waals surface area contributed by atoms with Crippen LogP contribution in [0.25, 0.3) is 0 Å². The lowest BCUT2D eigenvalue weighted by molar-refractivity contribution is 0.0303. The van der Waals surface area contributed by atoms with E-state index in [4.69, 9.17) is 9.47 Å². The zero-order chi connectivity index (χ0) is 13.8. The maximum atomic E-state index is 12.3. The van der Waals surface area contributed by atoms with Crippen LogP contribution in [0.1, 0.15) is 24.2 Å². The van der Waals surface area contributed by atoms with E-state index in [1.54, 1.807) is 6.07 Å². The average Bonchev–Trinajstić information content (AvgIpc) is 2.41. The monoisotopic (exact) mass is 327 g/mol. The van der Waals surface area contributed by atoms with Crippen molar-refractivity contribution in [3.63, 3.8) is 0 Å². The summed E-state index contributed by atoms with van der Waals surface area (Å²) in [5.41, 5.74) is 0.671. The Morgan fingerprint density at radius 3 is 2.63 bits per heavy atom.